The number of rotatable bonds is 3. The lowest BCUT2D eigenvalue weighted by atomic mass is 9.49. The van der Waals surface area contributed by atoms with E-state index in [1.54, 1.807) is 33.8 Å². The van der Waals surface area contributed by atoms with Gasteiger partial charge in [0.25, 0.3) is 5.56 Å². The third-order valence-electron chi connectivity index (χ3n) is 7.60. The molecule has 2 atom stereocenters. The van der Waals surface area contributed by atoms with Gasteiger partial charge in [0.1, 0.15) is 0 Å². The molecule has 0 spiro atoms. The first kappa shape index (κ1) is 28.0. The van der Waals surface area contributed by atoms with Crippen molar-refractivity contribution in [2.24, 2.45) is 13.0 Å². The molecule has 4 aromatic heterocycles. The maximum Gasteiger partial charge on any atom is 0.254 e. The number of anilines is 1. The van der Waals surface area contributed by atoms with E-state index in [0.29, 0.717) is 58.2 Å². The Kier molecular flexibility index (Phi) is 7.08. The van der Waals surface area contributed by atoms with E-state index in [1.165, 1.54) is 23.3 Å². The van der Waals surface area contributed by atoms with E-state index >= 15 is 0 Å². The molecule has 0 saturated carbocycles. The van der Waals surface area contributed by atoms with Crippen molar-refractivity contribution in [2.45, 2.75) is 37.5 Å². The second-order valence-corrected chi connectivity index (χ2v) is 11.1. The first-order valence-electron chi connectivity index (χ1n) is 13.4. The molecule has 1 N–H and O–H groups in total. The highest BCUT2D eigenvalue weighted by Crippen LogP contribution is 2.35. The van der Waals surface area contributed by atoms with Crippen LogP contribution in [0.15, 0.2) is 60.0 Å². The minimum Gasteiger partial charge on any atom is -0.323 e. The molecule has 1 amide bonds. The number of pyridine rings is 1. The fraction of sp³-hybridized carbons (Fsp3) is 0.286. The predicted molar refractivity (Wildman–Crippen MR) is 164 cm³/mol. The van der Waals surface area contributed by atoms with Gasteiger partial charge >= 0.3 is 0 Å². The van der Waals surface area contributed by atoms with Crippen molar-refractivity contribution in [2.75, 3.05) is 5.32 Å². The summed E-state index contributed by atoms with van der Waals surface area (Å²) in [6, 6.07) is 8.18. The number of aromatic nitrogens is 7. The average molecular weight is 572 g/mol. The second kappa shape index (κ2) is 10.6. The van der Waals surface area contributed by atoms with E-state index in [0.717, 1.165) is 10.9 Å². The molecule has 6 radical (unpaired) electrons. The summed E-state index contributed by atoms with van der Waals surface area (Å²) in [5.74, 6) is -0.489. The van der Waals surface area contributed by atoms with Gasteiger partial charge in [0.2, 0.25) is 5.91 Å². The van der Waals surface area contributed by atoms with E-state index in [2.05, 4.69) is 25.5 Å². The standard InChI is InChI=1S/C28H24B3ClN8O2/c1-15-4-3-5-23(21-9-16(6-7-33-21)26-22(37-27(15)42)13-36-40(26)28(29,30)31)39-14-34-20(11-24(39)41)19-10-18(32)8-17-12-35-38(2)25(17)19/h6-15,23H,3-5H2,1-2H3,(H,37,42)/t15-,23+/m1/s1. The molecule has 5 heterocycles. The minimum absolute atomic E-state index is 0.176. The normalized spacial score (nSPS) is 17.7. The molecule has 42 heavy (non-hydrogen) atoms. The predicted octanol–water partition coefficient (Wildman–Crippen LogP) is 3.13. The third kappa shape index (κ3) is 5.06. The van der Waals surface area contributed by atoms with Gasteiger partial charge in [0.05, 0.1) is 76.6 Å². The van der Waals surface area contributed by atoms with E-state index in [-0.39, 0.29) is 17.4 Å². The SMILES string of the molecule is [B]C([B])([B])n1ncc2c1-c1ccnc(c1)[C@@H](n1cnc(-c3cc(Cl)cc4cnn(C)c34)cc1=O)CCC[C@@H](C)C(=O)N2. The summed E-state index contributed by atoms with van der Waals surface area (Å²) >= 11 is 6.38. The Labute approximate surface area is 250 Å². The van der Waals surface area contributed by atoms with Crippen molar-refractivity contribution in [3.8, 4) is 22.5 Å². The fourth-order valence-electron chi connectivity index (χ4n) is 5.50. The maximum atomic E-state index is 13.7. The molecule has 0 saturated heterocycles. The van der Waals surface area contributed by atoms with Crippen molar-refractivity contribution in [3.63, 3.8) is 0 Å². The number of nitrogens with zero attached hydrogens (tertiary/aromatic N) is 7. The van der Waals surface area contributed by atoms with Crippen LogP contribution >= 0.6 is 11.6 Å². The zero-order valence-electron chi connectivity index (χ0n) is 23.0. The highest BCUT2D eigenvalue weighted by atomic mass is 35.5. The quantitative estimate of drug-likeness (QED) is 0.333. The van der Waals surface area contributed by atoms with Gasteiger partial charge in [-0.25, -0.2) is 4.98 Å². The topological polar surface area (TPSA) is 113 Å². The number of hydrogen-bond acceptors (Lipinski definition) is 6. The van der Waals surface area contributed by atoms with Gasteiger partial charge in [-0.3, -0.25) is 28.5 Å². The molecule has 2 bridgehead atoms. The second-order valence-electron chi connectivity index (χ2n) is 10.7. The third-order valence-corrected chi connectivity index (χ3v) is 7.82. The molecule has 6 rings (SSSR count). The first-order chi connectivity index (χ1) is 20.0. The van der Waals surface area contributed by atoms with Gasteiger partial charge in [-0.1, -0.05) is 24.9 Å². The smallest absolute Gasteiger partial charge is 0.254 e. The molecule has 1 aliphatic rings. The van der Waals surface area contributed by atoms with Gasteiger partial charge in [-0.15, -0.1) is 0 Å². The number of carbonyl (C=O) groups excluding carboxylic acids is 1. The molecule has 1 aliphatic heterocycles. The number of hydrogen-bond donors (Lipinski definition) is 1. The molecule has 204 valence electrons. The van der Waals surface area contributed by atoms with Crippen molar-refractivity contribution in [3.05, 3.63) is 76.3 Å². The summed E-state index contributed by atoms with van der Waals surface area (Å²) in [5.41, 5.74) is 3.82. The molecule has 10 nitrogen and oxygen atoms in total. The highest BCUT2D eigenvalue weighted by Gasteiger charge is 2.27. The molecule has 1 aromatic carbocycles. The van der Waals surface area contributed by atoms with Crippen LogP contribution in [0.3, 0.4) is 0 Å². The van der Waals surface area contributed by atoms with E-state index < -0.39 is 11.3 Å². The van der Waals surface area contributed by atoms with Crippen molar-refractivity contribution in [1.29, 1.82) is 0 Å². The Bertz CT molecular complexity index is 1890. The largest absolute Gasteiger partial charge is 0.323 e. The Hall–Kier alpha value is -4.12. The van der Waals surface area contributed by atoms with Crippen LogP contribution in [0.4, 0.5) is 5.69 Å². The molecular weight excluding hydrogens is 548 g/mol. The summed E-state index contributed by atoms with van der Waals surface area (Å²) in [7, 11) is 19.9. The van der Waals surface area contributed by atoms with Crippen LogP contribution in [0, 0.1) is 5.92 Å². The number of fused-ring (bicyclic) bond motifs is 5. The lowest BCUT2D eigenvalue weighted by Crippen LogP contribution is -2.36. The molecule has 5 aromatic rings. The van der Waals surface area contributed by atoms with E-state index in [4.69, 9.17) is 35.1 Å². The lowest BCUT2D eigenvalue weighted by molar-refractivity contribution is -0.119. The summed E-state index contributed by atoms with van der Waals surface area (Å²) in [5, 5.41) is 11.0. The van der Waals surface area contributed by atoms with Gasteiger partial charge in [0.15, 0.2) is 0 Å². The number of halogens is 1. The minimum atomic E-state index is -1.83. The van der Waals surface area contributed by atoms with Crippen LogP contribution in [0.5, 0.6) is 0 Å². The number of aryl methyl sites for hydroxylation is 1. The van der Waals surface area contributed by atoms with Gasteiger partial charge < -0.3 is 5.32 Å². The molecule has 14 heteroatoms. The summed E-state index contributed by atoms with van der Waals surface area (Å²) in [6.07, 6.45) is 8.12. The van der Waals surface area contributed by atoms with Crippen LogP contribution in [0.1, 0.15) is 37.9 Å². The van der Waals surface area contributed by atoms with Crippen molar-refractivity contribution in [1.82, 2.24) is 34.1 Å². The fourth-order valence-corrected chi connectivity index (χ4v) is 5.72. The van der Waals surface area contributed by atoms with Crippen LogP contribution in [-0.4, -0.2) is 63.5 Å². The van der Waals surface area contributed by atoms with Gasteiger partial charge in [0, 0.05) is 46.8 Å². The van der Waals surface area contributed by atoms with E-state index in [1.807, 2.05) is 26.1 Å². The monoisotopic (exact) mass is 572 g/mol. The number of amides is 1. The lowest BCUT2D eigenvalue weighted by Gasteiger charge is -2.26. The molecule has 0 aliphatic carbocycles. The van der Waals surface area contributed by atoms with Crippen LogP contribution in [0.25, 0.3) is 33.4 Å². The van der Waals surface area contributed by atoms with Crippen LogP contribution in [0.2, 0.25) is 5.02 Å². The summed E-state index contributed by atoms with van der Waals surface area (Å²) in [4.78, 5) is 36.0. The van der Waals surface area contributed by atoms with E-state index in [9.17, 15) is 9.59 Å². The van der Waals surface area contributed by atoms with Gasteiger partial charge in [-0.05, 0) is 42.3 Å². The van der Waals surface area contributed by atoms with Crippen LogP contribution in [-0.2, 0) is 17.1 Å². The molecule has 0 fully saturated rings. The number of carbonyl (C=O) groups is 1. The zero-order valence-corrected chi connectivity index (χ0v) is 23.8. The first-order valence-corrected chi connectivity index (χ1v) is 13.8. The zero-order chi connectivity index (χ0) is 29.8. The Morgan fingerprint density at radius 1 is 1.05 bits per heavy atom. The van der Waals surface area contributed by atoms with Crippen LogP contribution < -0.4 is 10.9 Å². The Morgan fingerprint density at radius 2 is 1.86 bits per heavy atom. The summed E-state index contributed by atoms with van der Waals surface area (Å²) in [6.45, 7) is 1.85. The molecule has 0 unspecified atom stereocenters. The average Bonchev–Trinajstić information content (AvgIpc) is 3.54. The maximum absolute atomic E-state index is 13.7. The van der Waals surface area contributed by atoms with Crippen molar-refractivity contribution < 1.29 is 4.79 Å². The highest BCUT2D eigenvalue weighted by molar-refractivity contribution is 6.56. The van der Waals surface area contributed by atoms with Crippen molar-refractivity contribution >= 4 is 57.6 Å². The molecular formula is C28H24B3ClN8O2. The summed E-state index contributed by atoms with van der Waals surface area (Å²) < 4.78 is 4.54. The van der Waals surface area contributed by atoms with Gasteiger partial charge in [-0.2, -0.15) is 10.2 Å². The number of nitrogens with one attached hydrogen (secondary N) is 1. The Morgan fingerprint density at radius 3 is 2.62 bits per heavy atom. The number of benzene rings is 1. The Balaban J connectivity index is 1.48.